The highest BCUT2D eigenvalue weighted by molar-refractivity contribution is 7.89. The van der Waals surface area contributed by atoms with Crippen LogP contribution in [-0.4, -0.2) is 46.0 Å². The van der Waals surface area contributed by atoms with Gasteiger partial charge >= 0.3 is 0 Å². The zero-order valence-corrected chi connectivity index (χ0v) is 17.3. The molecule has 158 valence electrons. The molecule has 1 N–H and O–H groups in total. The lowest BCUT2D eigenvalue weighted by atomic mass is 10.1. The standard InChI is InChI=1S/C22H24FN3O3S/c23-18-8-10-19(11-9-18)25-12-14-26(15-13-25)21(22-7-4-16-29-22)17-24-30(27,28)20-5-2-1-3-6-20/h1-11,16,21,24H,12-15,17H2/t21-/m0/s1. The number of nitrogens with zero attached hydrogens (tertiary/aromatic N) is 2. The molecule has 0 unspecified atom stereocenters. The highest BCUT2D eigenvalue weighted by atomic mass is 32.2. The minimum Gasteiger partial charge on any atom is -0.468 e. The van der Waals surface area contributed by atoms with Gasteiger partial charge in [-0.3, -0.25) is 4.90 Å². The molecule has 1 aromatic heterocycles. The van der Waals surface area contributed by atoms with Crippen molar-refractivity contribution in [2.24, 2.45) is 0 Å². The van der Waals surface area contributed by atoms with Crippen LogP contribution in [0.25, 0.3) is 0 Å². The number of nitrogens with one attached hydrogen (secondary N) is 1. The maximum atomic E-state index is 13.2. The molecule has 1 aliphatic rings. The second-order valence-electron chi connectivity index (χ2n) is 7.20. The molecule has 0 radical (unpaired) electrons. The number of sulfonamides is 1. The fourth-order valence-electron chi connectivity index (χ4n) is 3.71. The second-order valence-corrected chi connectivity index (χ2v) is 8.96. The molecule has 0 aliphatic carbocycles. The average molecular weight is 430 g/mol. The lowest BCUT2D eigenvalue weighted by molar-refractivity contribution is 0.166. The highest BCUT2D eigenvalue weighted by Crippen LogP contribution is 2.25. The van der Waals surface area contributed by atoms with Crippen molar-refractivity contribution in [1.29, 1.82) is 0 Å². The minimum atomic E-state index is -3.61. The summed E-state index contributed by atoms with van der Waals surface area (Å²) < 4.78 is 46.8. The van der Waals surface area contributed by atoms with Gasteiger partial charge in [0.25, 0.3) is 0 Å². The molecule has 0 bridgehead atoms. The van der Waals surface area contributed by atoms with Gasteiger partial charge in [0, 0.05) is 38.4 Å². The first-order valence-electron chi connectivity index (χ1n) is 9.85. The molecule has 0 saturated carbocycles. The Morgan fingerprint density at radius 1 is 0.933 bits per heavy atom. The van der Waals surface area contributed by atoms with Gasteiger partial charge in [0.15, 0.2) is 0 Å². The number of furan rings is 1. The molecule has 1 fully saturated rings. The molecular weight excluding hydrogens is 405 g/mol. The summed E-state index contributed by atoms with van der Waals surface area (Å²) in [6, 6.07) is 18.3. The summed E-state index contributed by atoms with van der Waals surface area (Å²) in [7, 11) is -3.61. The van der Waals surface area contributed by atoms with E-state index in [1.807, 2.05) is 12.1 Å². The maximum absolute atomic E-state index is 13.2. The van der Waals surface area contributed by atoms with Crippen molar-refractivity contribution in [3.8, 4) is 0 Å². The fourth-order valence-corrected chi connectivity index (χ4v) is 4.77. The van der Waals surface area contributed by atoms with E-state index >= 15 is 0 Å². The van der Waals surface area contributed by atoms with E-state index < -0.39 is 10.0 Å². The molecule has 0 amide bonds. The minimum absolute atomic E-state index is 0.210. The maximum Gasteiger partial charge on any atom is 0.240 e. The third kappa shape index (κ3) is 4.72. The van der Waals surface area contributed by atoms with Gasteiger partial charge in [-0.2, -0.15) is 0 Å². The lowest BCUT2D eigenvalue weighted by Gasteiger charge is -2.39. The molecule has 1 saturated heterocycles. The van der Waals surface area contributed by atoms with E-state index in [0.717, 1.165) is 37.6 Å². The van der Waals surface area contributed by atoms with E-state index in [2.05, 4.69) is 14.5 Å². The van der Waals surface area contributed by atoms with Gasteiger partial charge in [-0.25, -0.2) is 17.5 Å². The van der Waals surface area contributed by atoms with E-state index in [1.54, 1.807) is 48.7 Å². The summed E-state index contributed by atoms with van der Waals surface area (Å²) in [6.45, 7) is 3.19. The van der Waals surface area contributed by atoms with Crippen LogP contribution in [0.2, 0.25) is 0 Å². The molecule has 30 heavy (non-hydrogen) atoms. The van der Waals surface area contributed by atoms with Crippen LogP contribution < -0.4 is 9.62 Å². The van der Waals surface area contributed by atoms with Crippen LogP contribution in [0.1, 0.15) is 11.8 Å². The van der Waals surface area contributed by atoms with Crippen LogP contribution in [0, 0.1) is 5.82 Å². The number of hydrogen-bond acceptors (Lipinski definition) is 5. The Kier molecular flexibility index (Phi) is 6.17. The Bertz CT molecular complexity index is 1030. The first-order valence-corrected chi connectivity index (χ1v) is 11.3. The number of anilines is 1. The van der Waals surface area contributed by atoms with E-state index in [-0.39, 0.29) is 23.3 Å². The number of benzene rings is 2. The SMILES string of the molecule is O=S(=O)(NC[C@@H](c1ccco1)N1CCN(c2ccc(F)cc2)CC1)c1ccccc1. The van der Waals surface area contributed by atoms with Gasteiger partial charge in [-0.15, -0.1) is 0 Å². The Balaban J connectivity index is 1.44. The van der Waals surface area contributed by atoms with Crippen LogP contribution in [-0.2, 0) is 10.0 Å². The fraction of sp³-hybridized carbons (Fsp3) is 0.273. The van der Waals surface area contributed by atoms with Crippen LogP contribution in [0.15, 0.2) is 82.3 Å². The van der Waals surface area contributed by atoms with Crippen LogP contribution in [0.4, 0.5) is 10.1 Å². The van der Waals surface area contributed by atoms with Gasteiger partial charge in [-0.05, 0) is 48.5 Å². The summed E-state index contributed by atoms with van der Waals surface area (Å²) >= 11 is 0. The molecule has 2 heterocycles. The van der Waals surface area contributed by atoms with Crippen molar-refractivity contribution in [2.45, 2.75) is 10.9 Å². The second kappa shape index (κ2) is 8.99. The van der Waals surface area contributed by atoms with Crippen molar-refractivity contribution in [3.63, 3.8) is 0 Å². The van der Waals surface area contributed by atoms with Gasteiger partial charge in [0.1, 0.15) is 11.6 Å². The quantitative estimate of drug-likeness (QED) is 0.625. The summed E-state index contributed by atoms with van der Waals surface area (Å²) in [5, 5.41) is 0. The first-order chi connectivity index (χ1) is 14.5. The Morgan fingerprint density at radius 3 is 2.27 bits per heavy atom. The molecule has 0 spiro atoms. The number of rotatable bonds is 7. The van der Waals surface area contributed by atoms with Crippen molar-refractivity contribution in [2.75, 3.05) is 37.6 Å². The number of hydrogen-bond donors (Lipinski definition) is 1. The molecule has 6 nitrogen and oxygen atoms in total. The molecule has 4 rings (SSSR count). The molecule has 1 atom stereocenters. The molecular formula is C22H24FN3O3S. The van der Waals surface area contributed by atoms with Crippen molar-refractivity contribution >= 4 is 15.7 Å². The average Bonchev–Trinajstić information content (AvgIpc) is 3.30. The van der Waals surface area contributed by atoms with Crippen molar-refractivity contribution in [1.82, 2.24) is 9.62 Å². The zero-order chi connectivity index (χ0) is 21.0. The summed E-state index contributed by atoms with van der Waals surface area (Å²) in [5.41, 5.74) is 0.982. The molecule has 2 aromatic carbocycles. The third-order valence-electron chi connectivity index (χ3n) is 5.34. The number of piperazine rings is 1. The Hall–Kier alpha value is -2.68. The van der Waals surface area contributed by atoms with Crippen molar-refractivity contribution in [3.05, 3.63) is 84.6 Å². The summed E-state index contributed by atoms with van der Waals surface area (Å²) in [6.07, 6.45) is 1.60. The van der Waals surface area contributed by atoms with Gasteiger partial charge in [0.2, 0.25) is 10.0 Å². The third-order valence-corrected chi connectivity index (χ3v) is 6.78. The summed E-state index contributed by atoms with van der Waals surface area (Å²) in [4.78, 5) is 4.65. The normalized spacial score (nSPS) is 16.5. The smallest absolute Gasteiger partial charge is 0.240 e. The Morgan fingerprint density at radius 2 is 1.63 bits per heavy atom. The molecule has 3 aromatic rings. The van der Waals surface area contributed by atoms with E-state index in [4.69, 9.17) is 4.42 Å². The van der Waals surface area contributed by atoms with Gasteiger partial charge in [0.05, 0.1) is 17.2 Å². The van der Waals surface area contributed by atoms with Crippen LogP contribution >= 0.6 is 0 Å². The Labute approximate surface area is 176 Å². The van der Waals surface area contributed by atoms with E-state index in [9.17, 15) is 12.8 Å². The largest absolute Gasteiger partial charge is 0.468 e. The van der Waals surface area contributed by atoms with Crippen LogP contribution in [0.3, 0.4) is 0 Å². The predicted molar refractivity (Wildman–Crippen MR) is 113 cm³/mol. The van der Waals surface area contributed by atoms with E-state index in [1.165, 1.54) is 12.1 Å². The van der Waals surface area contributed by atoms with Crippen LogP contribution in [0.5, 0.6) is 0 Å². The first kappa shape index (κ1) is 20.6. The monoisotopic (exact) mass is 429 g/mol. The van der Waals surface area contributed by atoms with E-state index in [0.29, 0.717) is 0 Å². The van der Waals surface area contributed by atoms with Gasteiger partial charge in [-0.1, -0.05) is 18.2 Å². The lowest BCUT2D eigenvalue weighted by Crippen LogP contribution is -2.49. The summed E-state index contributed by atoms with van der Waals surface area (Å²) in [5.74, 6) is 0.474. The molecule has 8 heteroatoms. The number of halogens is 1. The topological polar surface area (TPSA) is 65.8 Å². The predicted octanol–water partition coefficient (Wildman–Crippen LogP) is 3.26. The highest BCUT2D eigenvalue weighted by Gasteiger charge is 2.28. The molecule has 1 aliphatic heterocycles. The zero-order valence-electron chi connectivity index (χ0n) is 16.4. The van der Waals surface area contributed by atoms with Crippen molar-refractivity contribution < 1.29 is 17.2 Å². The van der Waals surface area contributed by atoms with Gasteiger partial charge < -0.3 is 9.32 Å².